The van der Waals surface area contributed by atoms with Gasteiger partial charge in [0.15, 0.2) is 0 Å². The second-order valence-electron chi connectivity index (χ2n) is 3.43. The molecule has 0 amide bonds. The highest BCUT2D eigenvalue weighted by molar-refractivity contribution is 5.67. The first-order valence-electron chi connectivity index (χ1n) is 4.90. The first kappa shape index (κ1) is 12.4. The largest absolute Gasteiger partial charge is 0.481 e. The summed E-state index contributed by atoms with van der Waals surface area (Å²) in [4.78, 5) is 10.2. The lowest BCUT2D eigenvalue weighted by molar-refractivity contribution is -0.136. The van der Waals surface area contributed by atoms with Crippen molar-refractivity contribution in [1.29, 1.82) is 0 Å². The van der Waals surface area contributed by atoms with Crippen molar-refractivity contribution in [3.8, 4) is 0 Å². The Bertz CT molecular complexity index is 380. The van der Waals surface area contributed by atoms with Gasteiger partial charge < -0.3 is 10.4 Å². The summed E-state index contributed by atoms with van der Waals surface area (Å²) in [5.41, 5.74) is 0.451. The topological polar surface area (TPSA) is 49.3 Å². The van der Waals surface area contributed by atoms with Crippen molar-refractivity contribution in [2.24, 2.45) is 0 Å². The van der Waals surface area contributed by atoms with Crippen LogP contribution in [0.1, 0.15) is 25.1 Å². The molecule has 0 saturated carbocycles. The van der Waals surface area contributed by atoms with Crippen LogP contribution in [-0.4, -0.2) is 17.6 Å². The van der Waals surface area contributed by atoms with Crippen LogP contribution in [0, 0.1) is 5.82 Å². The van der Waals surface area contributed by atoms with Gasteiger partial charge in [0.1, 0.15) is 12.0 Å². The number of halogens is 2. The number of anilines is 1. The van der Waals surface area contributed by atoms with Crippen LogP contribution >= 0.6 is 0 Å². The minimum Gasteiger partial charge on any atom is -0.481 e. The SMILES string of the molecule is CC(F)c1ccc(NCCC(=O)O)c(F)c1. The number of hydrogen-bond donors (Lipinski definition) is 2. The summed E-state index contributed by atoms with van der Waals surface area (Å²) in [5, 5.41) is 11.0. The third-order valence-corrected chi connectivity index (χ3v) is 2.11. The summed E-state index contributed by atoms with van der Waals surface area (Å²) in [6.07, 6.45) is -1.32. The second-order valence-corrected chi connectivity index (χ2v) is 3.43. The van der Waals surface area contributed by atoms with E-state index in [0.717, 1.165) is 6.07 Å². The van der Waals surface area contributed by atoms with Crippen molar-refractivity contribution in [2.45, 2.75) is 19.5 Å². The standard InChI is InChI=1S/C11H13F2NO2/c1-7(12)8-2-3-10(9(13)6-8)14-5-4-11(15)16/h2-3,6-7,14H,4-5H2,1H3,(H,15,16). The zero-order chi connectivity index (χ0) is 12.1. The third-order valence-electron chi connectivity index (χ3n) is 2.11. The second kappa shape index (κ2) is 5.44. The fraction of sp³-hybridized carbons (Fsp3) is 0.364. The number of benzene rings is 1. The average molecular weight is 229 g/mol. The molecule has 0 heterocycles. The smallest absolute Gasteiger partial charge is 0.305 e. The van der Waals surface area contributed by atoms with E-state index in [0.29, 0.717) is 0 Å². The molecule has 88 valence electrons. The Hall–Kier alpha value is -1.65. The van der Waals surface area contributed by atoms with E-state index < -0.39 is 18.0 Å². The fourth-order valence-electron chi connectivity index (χ4n) is 1.23. The Kier molecular flexibility index (Phi) is 4.22. The predicted octanol–water partition coefficient (Wildman–Crippen LogP) is 2.74. The van der Waals surface area contributed by atoms with Gasteiger partial charge in [-0.05, 0) is 24.6 Å². The zero-order valence-electron chi connectivity index (χ0n) is 8.84. The molecule has 0 aliphatic heterocycles. The molecule has 16 heavy (non-hydrogen) atoms. The van der Waals surface area contributed by atoms with E-state index in [1.807, 2.05) is 0 Å². The molecule has 5 heteroatoms. The molecule has 1 aromatic rings. The first-order chi connectivity index (χ1) is 7.50. The summed E-state index contributed by atoms with van der Waals surface area (Å²) in [6, 6.07) is 3.98. The number of alkyl halides is 1. The van der Waals surface area contributed by atoms with Gasteiger partial charge in [-0.25, -0.2) is 8.78 Å². The monoisotopic (exact) mass is 229 g/mol. The van der Waals surface area contributed by atoms with Crippen LogP contribution in [0.3, 0.4) is 0 Å². The quantitative estimate of drug-likeness (QED) is 0.816. The summed E-state index contributed by atoms with van der Waals surface area (Å²) >= 11 is 0. The highest BCUT2D eigenvalue weighted by Gasteiger charge is 2.08. The van der Waals surface area contributed by atoms with E-state index >= 15 is 0 Å². The molecule has 2 N–H and O–H groups in total. The van der Waals surface area contributed by atoms with Gasteiger partial charge in [0.25, 0.3) is 0 Å². The minimum atomic E-state index is -1.22. The van der Waals surface area contributed by atoms with Crippen molar-refractivity contribution in [3.05, 3.63) is 29.6 Å². The molecular formula is C11H13F2NO2. The summed E-state index contributed by atoms with van der Waals surface area (Å²) in [6.45, 7) is 1.46. The molecule has 0 radical (unpaired) electrons. The molecule has 3 nitrogen and oxygen atoms in total. The van der Waals surface area contributed by atoms with Crippen LogP contribution in [0.5, 0.6) is 0 Å². The first-order valence-corrected chi connectivity index (χ1v) is 4.90. The van der Waals surface area contributed by atoms with Crippen LogP contribution in [0.2, 0.25) is 0 Å². The lowest BCUT2D eigenvalue weighted by Gasteiger charge is -2.08. The number of carboxylic acid groups (broad SMARTS) is 1. The number of rotatable bonds is 5. The van der Waals surface area contributed by atoms with Gasteiger partial charge in [-0.3, -0.25) is 4.79 Å². The van der Waals surface area contributed by atoms with Crippen LogP contribution in [0.15, 0.2) is 18.2 Å². The maximum atomic E-state index is 13.4. The molecule has 0 bridgehead atoms. The van der Waals surface area contributed by atoms with E-state index in [4.69, 9.17) is 5.11 Å². The molecule has 1 rings (SSSR count). The summed E-state index contributed by atoms with van der Waals surface area (Å²) in [5.74, 6) is -1.53. The Morgan fingerprint density at radius 3 is 2.75 bits per heavy atom. The number of aliphatic carboxylic acids is 1. The van der Waals surface area contributed by atoms with Crippen LogP contribution in [0.25, 0.3) is 0 Å². The highest BCUT2D eigenvalue weighted by Crippen LogP contribution is 2.22. The molecule has 0 aliphatic carbocycles. The number of nitrogens with one attached hydrogen (secondary N) is 1. The van der Waals surface area contributed by atoms with E-state index in [1.165, 1.54) is 19.1 Å². The third kappa shape index (κ3) is 3.49. The molecule has 0 aromatic heterocycles. The molecule has 0 saturated heterocycles. The average Bonchev–Trinajstić information content (AvgIpc) is 2.19. The van der Waals surface area contributed by atoms with E-state index in [9.17, 15) is 13.6 Å². The van der Waals surface area contributed by atoms with E-state index in [2.05, 4.69) is 5.32 Å². The number of carbonyl (C=O) groups is 1. The molecule has 1 aromatic carbocycles. The normalized spacial score (nSPS) is 12.2. The van der Waals surface area contributed by atoms with Crippen LogP contribution < -0.4 is 5.32 Å². The van der Waals surface area contributed by atoms with Crippen molar-refractivity contribution < 1.29 is 18.7 Å². The lowest BCUT2D eigenvalue weighted by Crippen LogP contribution is -2.08. The van der Waals surface area contributed by atoms with Gasteiger partial charge in [-0.1, -0.05) is 6.07 Å². The Morgan fingerprint density at radius 1 is 1.56 bits per heavy atom. The highest BCUT2D eigenvalue weighted by atomic mass is 19.1. The Balaban J connectivity index is 2.64. The zero-order valence-corrected chi connectivity index (χ0v) is 8.84. The number of carboxylic acids is 1. The molecule has 0 aliphatic rings. The molecule has 0 fully saturated rings. The fourth-order valence-corrected chi connectivity index (χ4v) is 1.23. The van der Waals surface area contributed by atoms with Gasteiger partial charge in [0, 0.05) is 6.54 Å². The summed E-state index contributed by atoms with van der Waals surface area (Å²) in [7, 11) is 0. The van der Waals surface area contributed by atoms with Gasteiger partial charge in [0.2, 0.25) is 0 Å². The molecule has 1 unspecified atom stereocenters. The van der Waals surface area contributed by atoms with Crippen LogP contribution in [0.4, 0.5) is 14.5 Å². The van der Waals surface area contributed by atoms with E-state index in [-0.39, 0.29) is 24.2 Å². The van der Waals surface area contributed by atoms with Crippen molar-refractivity contribution in [1.82, 2.24) is 0 Å². The van der Waals surface area contributed by atoms with Gasteiger partial charge in [0.05, 0.1) is 12.1 Å². The predicted molar refractivity (Wildman–Crippen MR) is 56.7 cm³/mol. The molecule has 0 spiro atoms. The van der Waals surface area contributed by atoms with Gasteiger partial charge >= 0.3 is 5.97 Å². The number of hydrogen-bond acceptors (Lipinski definition) is 2. The summed E-state index contributed by atoms with van der Waals surface area (Å²) < 4.78 is 26.2. The lowest BCUT2D eigenvalue weighted by atomic mass is 10.1. The van der Waals surface area contributed by atoms with Crippen molar-refractivity contribution in [3.63, 3.8) is 0 Å². The van der Waals surface area contributed by atoms with Crippen molar-refractivity contribution in [2.75, 3.05) is 11.9 Å². The Morgan fingerprint density at radius 2 is 2.25 bits per heavy atom. The Labute approximate surface area is 92.1 Å². The van der Waals surface area contributed by atoms with E-state index in [1.54, 1.807) is 0 Å². The molecule has 1 atom stereocenters. The maximum absolute atomic E-state index is 13.4. The van der Waals surface area contributed by atoms with Gasteiger partial charge in [-0.2, -0.15) is 0 Å². The van der Waals surface area contributed by atoms with Crippen LogP contribution in [-0.2, 0) is 4.79 Å². The minimum absolute atomic E-state index is 0.0965. The van der Waals surface area contributed by atoms with Gasteiger partial charge in [-0.15, -0.1) is 0 Å². The van der Waals surface area contributed by atoms with Crippen molar-refractivity contribution >= 4 is 11.7 Å². The maximum Gasteiger partial charge on any atom is 0.305 e. The molecular weight excluding hydrogens is 216 g/mol.